The van der Waals surface area contributed by atoms with Crippen molar-refractivity contribution in [2.24, 2.45) is 17.8 Å². The zero-order valence-electron chi connectivity index (χ0n) is 7.86. The maximum Gasteiger partial charge on any atom is 0.332 e. The standard InChI is InChI=1S/C10H12O4/c1-4-2-5-3-6(4)8(10(13)14)7(5)9(11)12/h4-6H,2-3H2,1H3,(H,11,12)(H,13,14). The van der Waals surface area contributed by atoms with Crippen LogP contribution in [0.25, 0.3) is 0 Å². The molecule has 1 fully saturated rings. The van der Waals surface area contributed by atoms with Crippen LogP contribution in [0, 0.1) is 17.8 Å². The Bertz CT molecular complexity index is 342. The van der Waals surface area contributed by atoms with E-state index in [-0.39, 0.29) is 23.0 Å². The number of rotatable bonds is 2. The van der Waals surface area contributed by atoms with Gasteiger partial charge in [-0.2, -0.15) is 0 Å². The van der Waals surface area contributed by atoms with Crippen molar-refractivity contribution in [1.82, 2.24) is 0 Å². The van der Waals surface area contributed by atoms with Crippen molar-refractivity contribution in [2.45, 2.75) is 19.8 Å². The molecule has 0 amide bonds. The molecular formula is C10H12O4. The molecule has 1 saturated carbocycles. The van der Waals surface area contributed by atoms with Crippen LogP contribution in [-0.4, -0.2) is 22.2 Å². The average molecular weight is 196 g/mol. The minimum atomic E-state index is -1.05. The Hall–Kier alpha value is -1.32. The van der Waals surface area contributed by atoms with Gasteiger partial charge in [0.2, 0.25) is 0 Å². The summed E-state index contributed by atoms with van der Waals surface area (Å²) < 4.78 is 0. The first-order valence-corrected chi connectivity index (χ1v) is 4.73. The van der Waals surface area contributed by atoms with Crippen molar-refractivity contribution in [3.05, 3.63) is 11.1 Å². The van der Waals surface area contributed by atoms with E-state index in [9.17, 15) is 9.59 Å². The number of carboxylic acid groups (broad SMARTS) is 2. The van der Waals surface area contributed by atoms with Gasteiger partial charge in [-0.1, -0.05) is 6.92 Å². The topological polar surface area (TPSA) is 74.6 Å². The van der Waals surface area contributed by atoms with Gasteiger partial charge < -0.3 is 10.2 Å². The Labute approximate surface area is 81.2 Å². The van der Waals surface area contributed by atoms with Crippen molar-refractivity contribution in [2.75, 3.05) is 0 Å². The van der Waals surface area contributed by atoms with Gasteiger partial charge >= 0.3 is 11.9 Å². The van der Waals surface area contributed by atoms with Crippen molar-refractivity contribution in [1.29, 1.82) is 0 Å². The maximum atomic E-state index is 10.9. The number of carboxylic acids is 2. The van der Waals surface area contributed by atoms with E-state index in [1.165, 1.54) is 0 Å². The normalized spacial score (nSPS) is 35.1. The van der Waals surface area contributed by atoms with Gasteiger partial charge in [0, 0.05) is 0 Å². The number of hydrogen-bond acceptors (Lipinski definition) is 2. The van der Waals surface area contributed by atoms with Crippen LogP contribution in [0.4, 0.5) is 0 Å². The molecule has 2 bridgehead atoms. The van der Waals surface area contributed by atoms with E-state index in [0.717, 1.165) is 6.42 Å². The minimum Gasteiger partial charge on any atom is -0.478 e. The number of carbonyl (C=O) groups is 2. The number of hydrogen-bond donors (Lipinski definition) is 2. The van der Waals surface area contributed by atoms with Crippen LogP contribution < -0.4 is 0 Å². The predicted octanol–water partition coefficient (Wildman–Crippen LogP) is 1.13. The molecule has 0 aromatic heterocycles. The lowest BCUT2D eigenvalue weighted by atomic mass is 9.84. The Morgan fingerprint density at radius 3 is 2.21 bits per heavy atom. The molecule has 2 aliphatic carbocycles. The maximum absolute atomic E-state index is 10.9. The van der Waals surface area contributed by atoms with Crippen molar-refractivity contribution < 1.29 is 19.8 Å². The molecule has 14 heavy (non-hydrogen) atoms. The van der Waals surface area contributed by atoms with Gasteiger partial charge in [0.25, 0.3) is 0 Å². The lowest BCUT2D eigenvalue weighted by molar-refractivity contribution is -0.136. The molecule has 0 aliphatic heterocycles. The second-order valence-electron chi connectivity index (χ2n) is 4.19. The molecule has 0 aromatic carbocycles. The van der Waals surface area contributed by atoms with Gasteiger partial charge in [0.05, 0.1) is 11.1 Å². The highest BCUT2D eigenvalue weighted by atomic mass is 16.4. The van der Waals surface area contributed by atoms with E-state index in [0.29, 0.717) is 12.3 Å². The summed E-state index contributed by atoms with van der Waals surface area (Å²) in [4.78, 5) is 21.8. The third-order valence-corrected chi connectivity index (χ3v) is 3.41. The fourth-order valence-electron chi connectivity index (χ4n) is 2.87. The first-order chi connectivity index (χ1) is 6.52. The number of fused-ring (bicyclic) bond motifs is 2. The van der Waals surface area contributed by atoms with E-state index in [2.05, 4.69) is 0 Å². The molecule has 4 nitrogen and oxygen atoms in total. The average Bonchev–Trinajstić information content (AvgIpc) is 2.58. The van der Waals surface area contributed by atoms with E-state index < -0.39 is 11.9 Å². The molecule has 2 aliphatic rings. The second-order valence-corrected chi connectivity index (χ2v) is 4.19. The van der Waals surface area contributed by atoms with Crippen LogP contribution in [0.3, 0.4) is 0 Å². The van der Waals surface area contributed by atoms with Gasteiger partial charge in [-0.15, -0.1) is 0 Å². The lowest BCUT2D eigenvalue weighted by Gasteiger charge is -2.19. The van der Waals surface area contributed by atoms with Crippen LogP contribution in [0.15, 0.2) is 11.1 Å². The molecular weight excluding hydrogens is 184 g/mol. The Kier molecular flexibility index (Phi) is 1.87. The van der Waals surface area contributed by atoms with Gasteiger partial charge in [-0.3, -0.25) is 0 Å². The molecule has 3 atom stereocenters. The second kappa shape index (κ2) is 2.83. The van der Waals surface area contributed by atoms with Crippen LogP contribution in [0.5, 0.6) is 0 Å². The van der Waals surface area contributed by atoms with Gasteiger partial charge in [0.1, 0.15) is 0 Å². The van der Waals surface area contributed by atoms with Crippen molar-refractivity contribution >= 4 is 11.9 Å². The summed E-state index contributed by atoms with van der Waals surface area (Å²) >= 11 is 0. The summed E-state index contributed by atoms with van der Waals surface area (Å²) in [7, 11) is 0. The molecule has 3 unspecified atom stereocenters. The molecule has 0 spiro atoms. The number of aliphatic carboxylic acids is 2. The SMILES string of the molecule is CC1CC2CC1C(C(=O)O)=C2C(=O)O. The minimum absolute atomic E-state index is 0.0291. The largest absolute Gasteiger partial charge is 0.478 e. The summed E-state index contributed by atoms with van der Waals surface area (Å²) in [6.45, 7) is 1.99. The van der Waals surface area contributed by atoms with Gasteiger partial charge in [0.15, 0.2) is 0 Å². The quantitative estimate of drug-likeness (QED) is 0.694. The Balaban J connectivity index is 2.47. The highest BCUT2D eigenvalue weighted by molar-refractivity contribution is 6.01. The molecule has 0 saturated heterocycles. The van der Waals surface area contributed by atoms with Crippen LogP contribution >= 0.6 is 0 Å². The summed E-state index contributed by atoms with van der Waals surface area (Å²) in [5.74, 6) is -1.86. The summed E-state index contributed by atoms with van der Waals surface area (Å²) in [6.07, 6.45) is 1.54. The Morgan fingerprint density at radius 2 is 1.71 bits per heavy atom. The van der Waals surface area contributed by atoms with Crippen LogP contribution in [-0.2, 0) is 9.59 Å². The molecule has 4 heteroatoms. The summed E-state index contributed by atoms with van der Waals surface area (Å²) in [5.41, 5.74) is 0.307. The fourth-order valence-corrected chi connectivity index (χ4v) is 2.87. The first-order valence-electron chi connectivity index (χ1n) is 4.73. The third-order valence-electron chi connectivity index (χ3n) is 3.41. The molecule has 2 rings (SSSR count). The van der Waals surface area contributed by atoms with Gasteiger partial charge in [-0.25, -0.2) is 9.59 Å². The molecule has 76 valence electrons. The molecule has 0 aromatic rings. The third kappa shape index (κ3) is 1.06. The zero-order valence-corrected chi connectivity index (χ0v) is 7.86. The monoisotopic (exact) mass is 196 g/mol. The summed E-state index contributed by atoms with van der Waals surface area (Å²) in [6, 6.07) is 0. The van der Waals surface area contributed by atoms with Crippen molar-refractivity contribution in [3.8, 4) is 0 Å². The molecule has 0 radical (unpaired) electrons. The fraction of sp³-hybridized carbons (Fsp3) is 0.600. The van der Waals surface area contributed by atoms with E-state index in [1.807, 2.05) is 6.92 Å². The zero-order chi connectivity index (χ0) is 10.5. The van der Waals surface area contributed by atoms with E-state index >= 15 is 0 Å². The van der Waals surface area contributed by atoms with Crippen molar-refractivity contribution in [3.63, 3.8) is 0 Å². The molecule has 2 N–H and O–H groups in total. The van der Waals surface area contributed by atoms with Crippen LogP contribution in [0.2, 0.25) is 0 Å². The Morgan fingerprint density at radius 1 is 1.14 bits per heavy atom. The lowest BCUT2D eigenvalue weighted by Crippen LogP contribution is -2.21. The predicted molar refractivity (Wildman–Crippen MR) is 47.7 cm³/mol. The summed E-state index contributed by atoms with van der Waals surface area (Å²) in [5, 5.41) is 17.9. The molecule has 0 heterocycles. The first kappa shape index (κ1) is 9.24. The highest BCUT2D eigenvalue weighted by Crippen LogP contribution is 2.51. The highest BCUT2D eigenvalue weighted by Gasteiger charge is 2.48. The van der Waals surface area contributed by atoms with Gasteiger partial charge in [-0.05, 0) is 30.6 Å². The van der Waals surface area contributed by atoms with E-state index in [1.54, 1.807) is 0 Å². The van der Waals surface area contributed by atoms with Crippen LogP contribution in [0.1, 0.15) is 19.8 Å². The smallest absolute Gasteiger partial charge is 0.332 e. The van der Waals surface area contributed by atoms with E-state index in [4.69, 9.17) is 10.2 Å².